The van der Waals surface area contributed by atoms with Gasteiger partial charge in [-0.15, -0.1) is 0 Å². The molecule has 2 atom stereocenters. The lowest BCUT2D eigenvalue weighted by Gasteiger charge is -2.41. The third kappa shape index (κ3) is 3.07. The molecule has 1 amide bonds. The summed E-state index contributed by atoms with van der Waals surface area (Å²) >= 11 is 0. The first-order valence-corrected chi connectivity index (χ1v) is 10.2. The van der Waals surface area contributed by atoms with Gasteiger partial charge in [-0.3, -0.25) is 14.4 Å². The molecule has 2 aromatic carbocycles. The molecule has 0 saturated carbocycles. The molecule has 0 saturated heterocycles. The second-order valence-corrected chi connectivity index (χ2v) is 9.36. The number of guanidine groups is 1. The van der Waals surface area contributed by atoms with Gasteiger partial charge < -0.3 is 5.73 Å². The molecule has 1 aliphatic rings. The number of aryl methyl sites for hydroxylation is 1. The summed E-state index contributed by atoms with van der Waals surface area (Å²) in [6.07, 6.45) is 1.83. The summed E-state index contributed by atoms with van der Waals surface area (Å²) in [5, 5.41) is 5.39. The summed E-state index contributed by atoms with van der Waals surface area (Å²) in [6, 6.07) is 14.4. The number of rotatable bonds is 2. The Kier molecular flexibility index (Phi) is 4.49. The van der Waals surface area contributed by atoms with Crippen LogP contribution in [0.2, 0.25) is 0 Å². The maximum Gasteiger partial charge on any atom is 0.239 e. The number of aliphatic imine (C=N–C) groups is 1. The van der Waals surface area contributed by atoms with Crippen LogP contribution in [0.4, 0.5) is 0 Å². The molecule has 1 aliphatic heterocycles. The number of fused-ring (bicyclic) bond motifs is 1. The Hall–Kier alpha value is -3.15. The van der Waals surface area contributed by atoms with Crippen molar-refractivity contribution in [1.82, 2.24) is 14.7 Å². The largest absolute Gasteiger partial charge is 0.369 e. The van der Waals surface area contributed by atoms with Crippen LogP contribution < -0.4 is 5.73 Å². The van der Waals surface area contributed by atoms with E-state index in [4.69, 9.17) is 10.7 Å². The number of hydrogen-bond acceptors (Lipinski definition) is 4. The van der Waals surface area contributed by atoms with Crippen LogP contribution in [0.5, 0.6) is 0 Å². The van der Waals surface area contributed by atoms with Crippen LogP contribution in [0.1, 0.15) is 50.3 Å². The molecule has 3 aromatic rings. The highest BCUT2D eigenvalue weighted by atomic mass is 16.2. The van der Waals surface area contributed by atoms with Crippen LogP contribution in [-0.2, 0) is 22.8 Å². The lowest BCUT2D eigenvalue weighted by Crippen LogP contribution is -2.52. The first kappa shape index (κ1) is 20.1. The molecule has 0 fully saturated rings. The fourth-order valence-corrected chi connectivity index (χ4v) is 4.26. The Morgan fingerprint density at radius 2 is 1.73 bits per heavy atom. The Morgan fingerprint density at radius 1 is 1.07 bits per heavy atom. The van der Waals surface area contributed by atoms with Gasteiger partial charge in [-0.2, -0.15) is 5.10 Å². The van der Waals surface area contributed by atoms with Gasteiger partial charge in [0.05, 0.1) is 17.6 Å². The van der Waals surface area contributed by atoms with Crippen LogP contribution in [-0.4, -0.2) is 33.6 Å². The predicted molar refractivity (Wildman–Crippen MR) is 120 cm³/mol. The van der Waals surface area contributed by atoms with Crippen molar-refractivity contribution in [2.45, 2.75) is 44.6 Å². The molecule has 0 unspecified atom stereocenters. The van der Waals surface area contributed by atoms with Crippen LogP contribution >= 0.6 is 0 Å². The number of aromatic nitrogens is 2. The molecule has 6 heteroatoms. The van der Waals surface area contributed by atoms with Crippen molar-refractivity contribution < 1.29 is 4.79 Å². The zero-order valence-electron chi connectivity index (χ0n) is 18.5. The highest BCUT2D eigenvalue weighted by Crippen LogP contribution is 2.44. The summed E-state index contributed by atoms with van der Waals surface area (Å²) in [6.45, 7) is 8.53. The van der Waals surface area contributed by atoms with Crippen LogP contribution in [0.15, 0.2) is 53.7 Å². The third-order valence-corrected chi connectivity index (χ3v) is 6.27. The van der Waals surface area contributed by atoms with Crippen molar-refractivity contribution in [3.8, 4) is 0 Å². The molecule has 2 N–H and O–H groups in total. The molecule has 156 valence electrons. The Balaban J connectivity index is 1.89. The number of amides is 1. The molecule has 0 radical (unpaired) electrons. The third-order valence-electron chi connectivity index (χ3n) is 6.27. The minimum atomic E-state index is -0.824. The predicted octanol–water partition coefficient (Wildman–Crippen LogP) is 3.66. The van der Waals surface area contributed by atoms with E-state index in [9.17, 15) is 4.79 Å². The van der Waals surface area contributed by atoms with E-state index in [0.29, 0.717) is 0 Å². The molecule has 0 spiro atoms. The van der Waals surface area contributed by atoms with Crippen LogP contribution in [0, 0.1) is 0 Å². The van der Waals surface area contributed by atoms with E-state index in [1.54, 1.807) is 7.05 Å². The van der Waals surface area contributed by atoms with E-state index in [0.717, 1.165) is 22.0 Å². The monoisotopic (exact) mass is 403 g/mol. The Morgan fingerprint density at radius 3 is 2.37 bits per heavy atom. The zero-order chi connectivity index (χ0) is 21.8. The standard InChI is InChI=1S/C24H29N5O/c1-23(2,3)17-10-7-15(8-11-17)20-21(30)28(5)22(25)27-24(20,4)18-12-9-16-14-26-29(6)19(16)13-18/h7-14,20H,1-6H3,(H2,25,27)/t20-,24+/m0/s1. The number of carbonyl (C=O) groups excluding carboxylic acids is 1. The summed E-state index contributed by atoms with van der Waals surface area (Å²) in [4.78, 5) is 19.7. The van der Waals surface area contributed by atoms with Gasteiger partial charge in [-0.25, -0.2) is 4.99 Å². The van der Waals surface area contributed by atoms with E-state index in [2.05, 4.69) is 56.2 Å². The van der Waals surface area contributed by atoms with Crippen molar-refractivity contribution in [2.24, 2.45) is 17.8 Å². The van der Waals surface area contributed by atoms with Crippen molar-refractivity contribution in [3.05, 3.63) is 65.4 Å². The molecule has 1 aromatic heterocycles. The quantitative estimate of drug-likeness (QED) is 0.709. The molecule has 4 rings (SSSR count). The minimum Gasteiger partial charge on any atom is -0.369 e. The molecular formula is C24H29N5O. The van der Waals surface area contributed by atoms with Crippen molar-refractivity contribution in [3.63, 3.8) is 0 Å². The Bertz CT molecular complexity index is 1150. The summed E-state index contributed by atoms with van der Waals surface area (Å²) in [5.74, 6) is -0.303. The second-order valence-electron chi connectivity index (χ2n) is 9.36. The van der Waals surface area contributed by atoms with E-state index in [1.165, 1.54) is 10.5 Å². The van der Waals surface area contributed by atoms with Crippen LogP contribution in [0.3, 0.4) is 0 Å². The lowest BCUT2D eigenvalue weighted by molar-refractivity contribution is -0.130. The van der Waals surface area contributed by atoms with E-state index < -0.39 is 11.5 Å². The fraction of sp³-hybridized carbons (Fsp3) is 0.375. The number of benzene rings is 2. The number of likely N-dealkylation sites (N-methyl/N-ethyl adjacent to an activating group) is 1. The van der Waals surface area contributed by atoms with Crippen molar-refractivity contribution in [1.29, 1.82) is 0 Å². The van der Waals surface area contributed by atoms with E-state index >= 15 is 0 Å². The smallest absolute Gasteiger partial charge is 0.239 e. The lowest BCUT2D eigenvalue weighted by atomic mass is 9.73. The summed E-state index contributed by atoms with van der Waals surface area (Å²) < 4.78 is 1.83. The topological polar surface area (TPSA) is 76.5 Å². The zero-order valence-corrected chi connectivity index (χ0v) is 18.5. The van der Waals surface area contributed by atoms with Crippen LogP contribution in [0.25, 0.3) is 10.9 Å². The number of carbonyl (C=O) groups is 1. The van der Waals surface area contributed by atoms with Gasteiger partial charge in [0, 0.05) is 19.5 Å². The highest BCUT2D eigenvalue weighted by molar-refractivity contribution is 6.02. The second kappa shape index (κ2) is 6.69. The van der Waals surface area contributed by atoms with E-state index in [-0.39, 0.29) is 17.3 Å². The van der Waals surface area contributed by atoms with Gasteiger partial charge in [-0.05, 0) is 35.1 Å². The summed E-state index contributed by atoms with van der Waals surface area (Å²) in [7, 11) is 3.59. The Labute approximate surface area is 177 Å². The van der Waals surface area contributed by atoms with Gasteiger partial charge in [0.15, 0.2) is 5.96 Å². The average Bonchev–Trinajstić information content (AvgIpc) is 3.06. The van der Waals surface area contributed by atoms with Gasteiger partial charge in [0.1, 0.15) is 5.54 Å². The number of nitrogens with two attached hydrogens (primary N) is 1. The normalized spacial score (nSPS) is 22.5. The maximum absolute atomic E-state index is 13.4. The molecule has 30 heavy (non-hydrogen) atoms. The average molecular weight is 404 g/mol. The molecule has 2 heterocycles. The van der Waals surface area contributed by atoms with Crippen molar-refractivity contribution >= 4 is 22.8 Å². The molecule has 6 nitrogen and oxygen atoms in total. The SMILES string of the molecule is CN1C(=O)[C@H](c2ccc(C(C)(C)C)cc2)[C@@](C)(c2ccc3cnn(C)c3c2)N=C1N. The highest BCUT2D eigenvalue weighted by Gasteiger charge is 2.47. The number of nitrogens with zero attached hydrogens (tertiary/aromatic N) is 4. The van der Waals surface area contributed by atoms with Crippen molar-refractivity contribution in [2.75, 3.05) is 7.05 Å². The first-order chi connectivity index (χ1) is 14.0. The fourth-order valence-electron chi connectivity index (χ4n) is 4.26. The van der Waals surface area contributed by atoms with Gasteiger partial charge in [0.2, 0.25) is 5.91 Å². The first-order valence-electron chi connectivity index (χ1n) is 10.2. The van der Waals surface area contributed by atoms with Gasteiger partial charge in [0.25, 0.3) is 0 Å². The molecule has 0 aliphatic carbocycles. The number of hydrogen-bond donors (Lipinski definition) is 1. The molecular weight excluding hydrogens is 374 g/mol. The van der Waals surface area contributed by atoms with Gasteiger partial charge in [-0.1, -0.05) is 57.2 Å². The maximum atomic E-state index is 13.4. The minimum absolute atomic E-state index is 0.0440. The summed E-state index contributed by atoms with van der Waals surface area (Å²) in [5.41, 5.74) is 9.48. The van der Waals surface area contributed by atoms with Gasteiger partial charge >= 0.3 is 0 Å². The molecule has 0 bridgehead atoms. The van der Waals surface area contributed by atoms with E-state index in [1.807, 2.05) is 37.0 Å².